The fraction of sp³-hybridized carbons (Fsp3) is 0.913. The molecule has 0 aromatic rings. The quantitative estimate of drug-likeness (QED) is 0.0970. The van der Waals surface area contributed by atoms with Crippen LogP contribution in [0.5, 0.6) is 0 Å². The summed E-state index contributed by atoms with van der Waals surface area (Å²) in [6.45, 7) is 4.89. The van der Waals surface area contributed by atoms with Crippen LogP contribution in [0.25, 0.3) is 0 Å². The van der Waals surface area contributed by atoms with E-state index in [1.165, 1.54) is 83.5 Å². The lowest BCUT2D eigenvalue weighted by atomic mass is 10.0. The molecular weight excluding hydrogens is 435 g/mol. The monoisotopic (exact) mass is 482 g/mol. The number of rotatable bonds is 20. The number of esters is 1. The van der Waals surface area contributed by atoms with Crippen LogP contribution in [-0.4, -0.2) is 48.7 Å². The van der Waals surface area contributed by atoms with E-state index in [9.17, 15) is 9.59 Å². The number of halogens is 1. The molecule has 3 N–H and O–H groups in total. The van der Waals surface area contributed by atoms with Crippen LogP contribution in [0.2, 0.25) is 0 Å². The maximum Gasteiger partial charge on any atom is 0.323 e. The van der Waals surface area contributed by atoms with Crippen LogP contribution in [0.4, 0.5) is 0 Å². The number of alkyl halides is 1. The Balaban J connectivity index is 0. The summed E-state index contributed by atoms with van der Waals surface area (Å²) >= 11 is 5.09. The Bertz CT molecular complexity index is 404. The van der Waals surface area contributed by atoms with Crippen LogP contribution in [0.1, 0.15) is 104 Å². The van der Waals surface area contributed by atoms with Crippen LogP contribution in [0.15, 0.2) is 0 Å². The molecule has 0 rings (SSSR count). The van der Waals surface area contributed by atoms with Crippen molar-refractivity contribution in [1.82, 2.24) is 10.4 Å². The minimum Gasteiger partial charge on any atom is -0.465 e. The molecule has 8 heteroatoms. The molecule has 0 heterocycles. The number of ether oxygens (including phenoxy) is 1. The Morgan fingerprint density at radius 1 is 0.903 bits per heavy atom. The summed E-state index contributed by atoms with van der Waals surface area (Å²) in [5.41, 5.74) is 0. The van der Waals surface area contributed by atoms with E-state index in [1.54, 1.807) is 6.92 Å². The molecule has 0 saturated heterocycles. The third-order valence-corrected chi connectivity index (χ3v) is 5.64. The van der Waals surface area contributed by atoms with Gasteiger partial charge in [-0.3, -0.25) is 14.7 Å². The maximum absolute atomic E-state index is 11.4. The average Bonchev–Trinajstić information content (AvgIpc) is 2.79. The number of carbonyl (C=O) groups excluding carboxylic acids is 2. The van der Waals surface area contributed by atoms with Gasteiger partial charge in [0, 0.05) is 6.54 Å². The van der Waals surface area contributed by atoms with Gasteiger partial charge in [-0.05, 0) is 13.3 Å². The van der Waals surface area contributed by atoms with Crippen molar-refractivity contribution < 1.29 is 19.4 Å². The van der Waals surface area contributed by atoms with Crippen molar-refractivity contribution in [3.05, 3.63) is 0 Å². The predicted octanol–water partition coefficient (Wildman–Crippen LogP) is 5.11. The van der Waals surface area contributed by atoms with Gasteiger partial charge in [0.25, 0.3) is 0 Å². The zero-order valence-corrected chi connectivity index (χ0v) is 21.8. The second kappa shape index (κ2) is 27.6. The number of hydrogen-bond donors (Lipinski definition) is 3. The van der Waals surface area contributed by atoms with Crippen molar-refractivity contribution in [2.24, 2.45) is 0 Å². The maximum atomic E-state index is 11.4. The van der Waals surface area contributed by atoms with Gasteiger partial charge in [-0.25, -0.2) is 0 Å². The lowest BCUT2D eigenvalue weighted by Gasteiger charge is -2.09. The topological polar surface area (TPSA) is 87.7 Å². The molecule has 0 spiro atoms. The van der Waals surface area contributed by atoms with Crippen molar-refractivity contribution in [2.75, 3.05) is 25.6 Å². The van der Waals surface area contributed by atoms with Crippen molar-refractivity contribution in [1.29, 1.82) is 0 Å². The van der Waals surface area contributed by atoms with Crippen molar-refractivity contribution in [3.63, 3.8) is 0 Å². The minimum absolute atomic E-state index is 0.0391. The van der Waals surface area contributed by atoms with Gasteiger partial charge in [-0.15, -0.1) is 11.6 Å². The molecule has 0 aliphatic heterocycles. The average molecular weight is 483 g/mol. The standard InChI is InChI=1S/C19H40NO2P.C4H8ClNO2/c1-3-4-5-6-7-8-9-10-11-12-13-14-15-16-17-22-19(21)18(2)20-23;5-3-4(8)6-1-2-7/h18,20H,3-17,23H2,1-2H3;7H,1-3H2,(H,6,8). The fourth-order valence-corrected chi connectivity index (χ4v) is 3.14. The lowest BCUT2D eigenvalue weighted by Crippen LogP contribution is -2.29. The molecule has 6 nitrogen and oxygen atoms in total. The first kappa shape index (κ1) is 32.8. The molecule has 0 aliphatic rings. The highest BCUT2D eigenvalue weighted by Gasteiger charge is 2.10. The molecule has 0 aromatic heterocycles. The van der Waals surface area contributed by atoms with Gasteiger partial charge in [0.15, 0.2) is 0 Å². The van der Waals surface area contributed by atoms with E-state index in [0.29, 0.717) is 6.61 Å². The molecule has 0 radical (unpaired) electrons. The number of nitrogens with one attached hydrogen (secondary N) is 2. The van der Waals surface area contributed by atoms with Crippen LogP contribution in [0, 0.1) is 0 Å². The zero-order chi connectivity index (χ0) is 23.6. The van der Waals surface area contributed by atoms with Gasteiger partial charge in [0.2, 0.25) is 5.91 Å². The number of aliphatic hydroxyl groups excluding tert-OH is 1. The molecule has 0 saturated carbocycles. The van der Waals surface area contributed by atoms with Gasteiger partial charge in [0.05, 0.1) is 13.2 Å². The number of hydrogen-bond acceptors (Lipinski definition) is 5. The molecule has 186 valence electrons. The molecule has 0 bridgehead atoms. The third-order valence-electron chi connectivity index (χ3n) is 4.90. The first-order chi connectivity index (χ1) is 15.0. The molecule has 1 amide bonds. The van der Waals surface area contributed by atoms with Gasteiger partial charge in [-0.1, -0.05) is 99.8 Å². The Morgan fingerprint density at radius 3 is 1.74 bits per heavy atom. The lowest BCUT2D eigenvalue weighted by molar-refractivity contribution is -0.145. The summed E-state index contributed by atoms with van der Waals surface area (Å²) in [5, 5.41) is 13.3. The van der Waals surface area contributed by atoms with Gasteiger partial charge < -0.3 is 15.2 Å². The summed E-state index contributed by atoms with van der Waals surface area (Å²) in [6.07, 6.45) is 18.8. The first-order valence-corrected chi connectivity index (χ1v) is 13.2. The molecule has 2 atom stereocenters. The largest absolute Gasteiger partial charge is 0.465 e. The Morgan fingerprint density at radius 2 is 1.35 bits per heavy atom. The molecule has 0 aliphatic carbocycles. The highest BCUT2D eigenvalue weighted by Crippen LogP contribution is 2.13. The van der Waals surface area contributed by atoms with Gasteiger partial charge in [0.1, 0.15) is 11.9 Å². The second-order valence-corrected chi connectivity index (χ2v) is 8.46. The zero-order valence-electron chi connectivity index (χ0n) is 19.9. The Kier molecular flexibility index (Phi) is 29.2. The van der Waals surface area contributed by atoms with Crippen LogP contribution in [-0.2, 0) is 14.3 Å². The molecule has 0 aromatic carbocycles. The predicted molar refractivity (Wildman–Crippen MR) is 134 cm³/mol. The minimum atomic E-state index is -0.249. The molecule has 2 unspecified atom stereocenters. The summed E-state index contributed by atoms with van der Waals surface area (Å²) in [4.78, 5) is 21.6. The highest BCUT2D eigenvalue weighted by atomic mass is 35.5. The van der Waals surface area contributed by atoms with Crippen molar-refractivity contribution >= 4 is 32.9 Å². The van der Waals surface area contributed by atoms with E-state index in [1.807, 2.05) is 0 Å². The smallest absolute Gasteiger partial charge is 0.323 e. The fourth-order valence-electron chi connectivity index (χ4n) is 2.90. The number of amides is 1. The van der Waals surface area contributed by atoms with Gasteiger partial charge >= 0.3 is 5.97 Å². The number of unbranched alkanes of at least 4 members (excludes halogenated alkanes) is 13. The van der Waals surface area contributed by atoms with E-state index >= 15 is 0 Å². The van der Waals surface area contributed by atoms with E-state index < -0.39 is 0 Å². The van der Waals surface area contributed by atoms with Crippen LogP contribution >= 0.6 is 21.0 Å². The van der Waals surface area contributed by atoms with E-state index in [2.05, 4.69) is 26.7 Å². The van der Waals surface area contributed by atoms with E-state index in [0.717, 1.165) is 6.42 Å². The van der Waals surface area contributed by atoms with Crippen molar-refractivity contribution in [2.45, 2.75) is 110 Å². The third kappa shape index (κ3) is 27.5. The van der Waals surface area contributed by atoms with E-state index in [-0.39, 0.29) is 36.9 Å². The Labute approximate surface area is 198 Å². The molecule has 0 fully saturated rings. The summed E-state index contributed by atoms with van der Waals surface area (Å²) < 4.78 is 5.19. The molecule has 31 heavy (non-hydrogen) atoms. The summed E-state index contributed by atoms with van der Waals surface area (Å²) in [6, 6.07) is -0.230. The van der Waals surface area contributed by atoms with Crippen LogP contribution in [0.3, 0.4) is 0 Å². The van der Waals surface area contributed by atoms with Gasteiger partial charge in [-0.2, -0.15) is 0 Å². The number of aliphatic hydroxyl groups is 1. The number of carbonyl (C=O) groups is 2. The van der Waals surface area contributed by atoms with Crippen LogP contribution < -0.4 is 10.4 Å². The van der Waals surface area contributed by atoms with E-state index in [4.69, 9.17) is 21.4 Å². The summed E-state index contributed by atoms with van der Waals surface area (Å²) in [7, 11) is 2.34. The normalized spacial score (nSPS) is 11.4. The Hall–Kier alpha value is -0.420. The summed E-state index contributed by atoms with van der Waals surface area (Å²) in [5.74, 6) is -0.449. The van der Waals surface area contributed by atoms with Crippen molar-refractivity contribution in [3.8, 4) is 0 Å². The molecular formula is C23H48ClN2O4P. The SMILES string of the molecule is CCCCCCCCCCCCCCCCOC(=O)C(C)NP.O=C(CCl)NCCO. The second-order valence-electron chi connectivity index (χ2n) is 7.86. The first-order valence-electron chi connectivity index (χ1n) is 12.1. The highest BCUT2D eigenvalue weighted by molar-refractivity contribution is 7.13.